The maximum atomic E-state index is 9.29. The topological polar surface area (TPSA) is 47.6 Å². The van der Waals surface area contributed by atoms with Crippen LogP contribution >= 0.6 is 0 Å². The third kappa shape index (κ3) is 0.601. The van der Waals surface area contributed by atoms with Crippen molar-refractivity contribution in [2.24, 2.45) is 23.2 Å². The minimum Gasteiger partial charge on any atom is -0.308 e. The minimum absolute atomic E-state index is 0.363. The zero-order valence-corrected chi connectivity index (χ0v) is 7.46. The van der Waals surface area contributed by atoms with Crippen LogP contribution in [0.5, 0.6) is 0 Å². The Morgan fingerprint density at radius 3 is 3.08 bits per heavy atom. The van der Waals surface area contributed by atoms with Crippen LogP contribution in [0.25, 0.3) is 0 Å². The van der Waals surface area contributed by atoms with Gasteiger partial charge in [-0.15, -0.1) is 0 Å². The number of hydrogen-bond acceptors (Lipinski definition) is 2. The van der Waals surface area contributed by atoms with Gasteiger partial charge in [-0.3, -0.25) is 0 Å². The molecule has 66 valence electrons. The largest absolute Gasteiger partial charge is 0.308 e. The Balaban J connectivity index is 2.17. The van der Waals surface area contributed by atoms with E-state index >= 15 is 0 Å². The highest BCUT2D eigenvalue weighted by atomic mass is 14.7. The summed E-state index contributed by atoms with van der Waals surface area (Å²) in [5, 5.41) is 17.2. The quantitative estimate of drug-likeness (QED) is 0.559. The molecule has 2 bridgehead atoms. The van der Waals surface area contributed by atoms with Crippen molar-refractivity contribution < 1.29 is 0 Å². The lowest BCUT2D eigenvalue weighted by Crippen LogP contribution is -2.34. The number of nitriles is 1. The molecule has 3 aliphatic carbocycles. The molecule has 4 atom stereocenters. The van der Waals surface area contributed by atoms with Crippen LogP contribution in [0.3, 0.4) is 0 Å². The van der Waals surface area contributed by atoms with E-state index in [0.717, 1.165) is 19.3 Å². The lowest BCUT2D eigenvalue weighted by Gasteiger charge is -2.29. The van der Waals surface area contributed by atoms with Crippen molar-refractivity contribution >= 4 is 5.71 Å². The van der Waals surface area contributed by atoms with Crippen LogP contribution in [0.2, 0.25) is 0 Å². The third-order valence-corrected chi connectivity index (χ3v) is 4.19. The maximum Gasteiger partial charge on any atom is 0.104 e. The van der Waals surface area contributed by atoms with Gasteiger partial charge in [-0.1, -0.05) is 12.2 Å². The van der Waals surface area contributed by atoms with Gasteiger partial charge in [0.15, 0.2) is 0 Å². The molecule has 2 nitrogen and oxygen atoms in total. The molecule has 0 heterocycles. The highest BCUT2D eigenvalue weighted by molar-refractivity contribution is 5.93. The van der Waals surface area contributed by atoms with E-state index in [9.17, 15) is 5.26 Å². The Bertz CT molecular complexity index is 350. The summed E-state index contributed by atoms with van der Waals surface area (Å²) in [6.07, 6.45) is 7.49. The van der Waals surface area contributed by atoms with Crippen molar-refractivity contribution in [2.75, 3.05) is 0 Å². The monoisotopic (exact) mass is 172 g/mol. The summed E-state index contributed by atoms with van der Waals surface area (Å²) in [5.41, 5.74) is 0.330. The van der Waals surface area contributed by atoms with Gasteiger partial charge < -0.3 is 5.41 Å². The smallest absolute Gasteiger partial charge is 0.104 e. The van der Waals surface area contributed by atoms with E-state index in [-0.39, 0.29) is 5.41 Å². The van der Waals surface area contributed by atoms with Gasteiger partial charge >= 0.3 is 0 Å². The van der Waals surface area contributed by atoms with Crippen molar-refractivity contribution in [2.45, 2.75) is 19.3 Å². The number of allylic oxidation sites excluding steroid dienone is 2. The fraction of sp³-hybridized carbons (Fsp3) is 0.636. The lowest BCUT2D eigenvalue weighted by molar-refractivity contribution is 0.331. The number of nitrogens with one attached hydrogen (secondary N) is 1. The normalized spacial score (nSPS) is 51.0. The van der Waals surface area contributed by atoms with Gasteiger partial charge in [0.05, 0.1) is 6.07 Å². The molecule has 0 spiro atoms. The molecule has 0 amide bonds. The van der Waals surface area contributed by atoms with E-state index < -0.39 is 0 Å². The second kappa shape index (κ2) is 2.04. The molecular weight excluding hydrogens is 160 g/mol. The highest BCUT2D eigenvalue weighted by Gasteiger charge is 2.61. The van der Waals surface area contributed by atoms with Crippen molar-refractivity contribution in [3.05, 3.63) is 12.2 Å². The molecule has 1 N–H and O–H groups in total. The van der Waals surface area contributed by atoms with Gasteiger partial charge in [-0.05, 0) is 31.1 Å². The average molecular weight is 172 g/mol. The van der Waals surface area contributed by atoms with Gasteiger partial charge in [0.25, 0.3) is 0 Å². The van der Waals surface area contributed by atoms with Gasteiger partial charge in [-0.25, -0.2) is 0 Å². The molecule has 0 aromatic rings. The summed E-state index contributed by atoms with van der Waals surface area (Å²) < 4.78 is 0. The van der Waals surface area contributed by atoms with Gasteiger partial charge in [0, 0.05) is 11.6 Å². The number of rotatable bonds is 0. The van der Waals surface area contributed by atoms with Gasteiger partial charge in [0.1, 0.15) is 5.41 Å². The summed E-state index contributed by atoms with van der Waals surface area (Å²) >= 11 is 0. The molecule has 2 saturated carbocycles. The van der Waals surface area contributed by atoms with E-state index in [1.807, 2.05) is 0 Å². The Hall–Kier alpha value is -1.10. The molecule has 0 aromatic carbocycles. The van der Waals surface area contributed by atoms with Crippen LogP contribution in [0.15, 0.2) is 12.2 Å². The van der Waals surface area contributed by atoms with Crippen molar-refractivity contribution in [3.63, 3.8) is 0 Å². The van der Waals surface area contributed by atoms with Crippen LogP contribution in [0.1, 0.15) is 19.3 Å². The number of hydrogen-bond donors (Lipinski definition) is 1. The minimum atomic E-state index is -0.376. The molecule has 0 radical (unpaired) electrons. The fourth-order valence-electron chi connectivity index (χ4n) is 3.61. The van der Waals surface area contributed by atoms with Crippen molar-refractivity contribution in [3.8, 4) is 6.07 Å². The van der Waals surface area contributed by atoms with Crippen LogP contribution in [0.4, 0.5) is 0 Å². The first-order valence-electron chi connectivity index (χ1n) is 4.96. The Labute approximate surface area is 77.8 Å². The van der Waals surface area contributed by atoms with Crippen molar-refractivity contribution in [1.82, 2.24) is 0 Å². The maximum absolute atomic E-state index is 9.29. The average Bonchev–Trinajstić information content (AvgIpc) is 2.76. The summed E-state index contributed by atoms with van der Waals surface area (Å²) in [4.78, 5) is 0. The second-order valence-electron chi connectivity index (χ2n) is 4.50. The molecule has 3 rings (SSSR count). The third-order valence-electron chi connectivity index (χ3n) is 4.19. The SMILES string of the molecule is N#C[C@]12C(=N)CC[C@H]1[C@H]1C=C[C@H]2C1. The fourth-order valence-corrected chi connectivity index (χ4v) is 3.61. The zero-order valence-electron chi connectivity index (χ0n) is 7.46. The van der Waals surface area contributed by atoms with Crippen LogP contribution in [0, 0.1) is 39.9 Å². The zero-order chi connectivity index (χ0) is 9.05. The molecule has 3 aliphatic rings. The Kier molecular flexibility index (Phi) is 1.15. The molecular formula is C11H12N2. The van der Waals surface area contributed by atoms with E-state index in [4.69, 9.17) is 5.41 Å². The number of fused-ring (bicyclic) bond motifs is 5. The van der Waals surface area contributed by atoms with Crippen LogP contribution in [-0.2, 0) is 0 Å². The summed E-state index contributed by atoms with van der Waals surface area (Å²) in [5.74, 6) is 1.44. The highest BCUT2D eigenvalue weighted by Crippen LogP contribution is 2.61. The van der Waals surface area contributed by atoms with Gasteiger partial charge in [0.2, 0.25) is 0 Å². The van der Waals surface area contributed by atoms with Crippen LogP contribution in [-0.4, -0.2) is 5.71 Å². The van der Waals surface area contributed by atoms with E-state index in [0.29, 0.717) is 23.5 Å². The molecule has 2 fully saturated rings. The molecule has 0 unspecified atom stereocenters. The Morgan fingerprint density at radius 2 is 2.38 bits per heavy atom. The predicted octanol–water partition coefficient (Wildman–Crippen LogP) is 2.13. The second-order valence-corrected chi connectivity index (χ2v) is 4.50. The summed E-state index contributed by atoms with van der Waals surface area (Å²) in [6, 6.07) is 2.44. The molecule has 2 heteroatoms. The first kappa shape index (κ1) is 7.32. The van der Waals surface area contributed by atoms with Crippen LogP contribution < -0.4 is 0 Å². The molecule has 0 aliphatic heterocycles. The van der Waals surface area contributed by atoms with Crippen molar-refractivity contribution in [1.29, 1.82) is 10.7 Å². The standard InChI is InChI=1S/C11H12N2/c12-6-11-8-2-1-7(5-8)9(11)3-4-10(11)13/h1-2,7-9,13H,3-5H2/t7-,8-,9-,11+/m0/s1. The lowest BCUT2D eigenvalue weighted by atomic mass is 9.71. The Morgan fingerprint density at radius 1 is 1.54 bits per heavy atom. The summed E-state index contributed by atoms with van der Waals surface area (Å²) in [7, 11) is 0. The molecule has 0 aromatic heterocycles. The van der Waals surface area contributed by atoms with E-state index in [1.165, 1.54) is 0 Å². The summed E-state index contributed by atoms with van der Waals surface area (Å²) in [6.45, 7) is 0. The van der Waals surface area contributed by atoms with Gasteiger partial charge in [-0.2, -0.15) is 5.26 Å². The molecule has 0 saturated heterocycles. The van der Waals surface area contributed by atoms with E-state index in [1.54, 1.807) is 0 Å². The first-order valence-corrected chi connectivity index (χ1v) is 4.96. The molecule has 13 heavy (non-hydrogen) atoms. The number of nitrogens with zero attached hydrogens (tertiary/aromatic N) is 1. The van der Waals surface area contributed by atoms with E-state index in [2.05, 4.69) is 18.2 Å². The predicted molar refractivity (Wildman–Crippen MR) is 49.2 cm³/mol. The first-order chi connectivity index (χ1) is 6.29.